The molecule has 0 aliphatic heterocycles. The van der Waals surface area contributed by atoms with Crippen molar-refractivity contribution in [2.75, 3.05) is 24.3 Å². The van der Waals surface area contributed by atoms with Gasteiger partial charge in [-0.05, 0) is 43.0 Å². The predicted molar refractivity (Wildman–Crippen MR) is 104 cm³/mol. The predicted octanol–water partition coefficient (Wildman–Crippen LogP) is 3.90. The number of benzene rings is 2. The molecule has 0 saturated carbocycles. The van der Waals surface area contributed by atoms with Crippen LogP contribution >= 0.6 is 0 Å². The lowest BCUT2D eigenvalue weighted by atomic mass is 10.1. The number of methoxy groups -OCH3 is 1. The second-order valence-electron chi connectivity index (χ2n) is 6.05. The SMILES string of the molecule is COc1ccccc1CCNc1cnnc(Nc2c(C)cccc2C)n1. The van der Waals surface area contributed by atoms with Crippen molar-refractivity contribution in [3.05, 3.63) is 65.4 Å². The average molecular weight is 349 g/mol. The first-order chi connectivity index (χ1) is 12.7. The molecular formula is C20H23N5O. The lowest BCUT2D eigenvalue weighted by Crippen LogP contribution is -2.09. The Labute approximate surface area is 153 Å². The van der Waals surface area contributed by atoms with E-state index in [9.17, 15) is 0 Å². The van der Waals surface area contributed by atoms with Crippen molar-refractivity contribution in [2.45, 2.75) is 20.3 Å². The van der Waals surface area contributed by atoms with Crippen LogP contribution in [-0.4, -0.2) is 28.8 Å². The fourth-order valence-corrected chi connectivity index (χ4v) is 2.80. The van der Waals surface area contributed by atoms with Crippen molar-refractivity contribution in [3.63, 3.8) is 0 Å². The van der Waals surface area contributed by atoms with Crippen LogP contribution in [-0.2, 0) is 6.42 Å². The van der Waals surface area contributed by atoms with Crippen LogP contribution in [0.3, 0.4) is 0 Å². The summed E-state index contributed by atoms with van der Waals surface area (Å²) in [4.78, 5) is 4.50. The summed E-state index contributed by atoms with van der Waals surface area (Å²) in [6, 6.07) is 14.1. The summed E-state index contributed by atoms with van der Waals surface area (Å²) >= 11 is 0. The summed E-state index contributed by atoms with van der Waals surface area (Å²) in [7, 11) is 1.69. The van der Waals surface area contributed by atoms with Gasteiger partial charge in [-0.25, -0.2) is 0 Å². The first-order valence-electron chi connectivity index (χ1n) is 8.56. The third kappa shape index (κ3) is 4.27. The van der Waals surface area contributed by atoms with Crippen LogP contribution in [0.4, 0.5) is 17.5 Å². The van der Waals surface area contributed by atoms with E-state index in [4.69, 9.17) is 4.74 Å². The molecular weight excluding hydrogens is 326 g/mol. The van der Waals surface area contributed by atoms with Gasteiger partial charge in [0.25, 0.3) is 0 Å². The second-order valence-corrected chi connectivity index (χ2v) is 6.05. The molecule has 0 amide bonds. The minimum Gasteiger partial charge on any atom is -0.496 e. The highest BCUT2D eigenvalue weighted by Crippen LogP contribution is 2.22. The molecule has 26 heavy (non-hydrogen) atoms. The number of nitrogens with zero attached hydrogens (tertiary/aromatic N) is 3. The smallest absolute Gasteiger partial charge is 0.249 e. The van der Waals surface area contributed by atoms with E-state index in [1.54, 1.807) is 13.3 Å². The molecule has 2 aromatic carbocycles. The molecule has 0 aliphatic carbocycles. The van der Waals surface area contributed by atoms with Gasteiger partial charge in [0.2, 0.25) is 5.95 Å². The molecule has 6 heteroatoms. The normalized spacial score (nSPS) is 10.4. The molecule has 0 spiro atoms. The Kier molecular flexibility index (Phi) is 5.63. The van der Waals surface area contributed by atoms with Crippen molar-refractivity contribution in [1.29, 1.82) is 0 Å². The molecule has 0 bridgehead atoms. The first kappa shape index (κ1) is 17.7. The molecule has 0 fully saturated rings. The van der Waals surface area contributed by atoms with Crippen molar-refractivity contribution in [3.8, 4) is 5.75 Å². The fourth-order valence-electron chi connectivity index (χ4n) is 2.80. The molecule has 1 aromatic heterocycles. The minimum atomic E-state index is 0.477. The lowest BCUT2D eigenvalue weighted by molar-refractivity contribution is 0.410. The quantitative estimate of drug-likeness (QED) is 0.674. The number of para-hydroxylation sites is 2. The number of aryl methyl sites for hydroxylation is 2. The standard InChI is InChI=1S/C20H23N5O/c1-14-7-6-8-15(2)19(14)24-20-23-18(13-22-25-20)21-12-11-16-9-4-5-10-17(16)26-3/h4-10,13H,11-12H2,1-3H3,(H2,21,23,24,25). The van der Waals surface area contributed by atoms with Crippen LogP contribution < -0.4 is 15.4 Å². The van der Waals surface area contributed by atoms with Gasteiger partial charge in [0.1, 0.15) is 5.75 Å². The second kappa shape index (κ2) is 8.29. The molecule has 1 heterocycles. The summed E-state index contributed by atoms with van der Waals surface area (Å²) < 4.78 is 5.38. The molecule has 0 radical (unpaired) electrons. The van der Waals surface area contributed by atoms with E-state index in [2.05, 4.69) is 57.9 Å². The number of aromatic nitrogens is 3. The summed E-state index contributed by atoms with van der Waals surface area (Å²) in [6.07, 6.45) is 2.45. The van der Waals surface area contributed by atoms with Gasteiger partial charge in [0.05, 0.1) is 13.3 Å². The van der Waals surface area contributed by atoms with Gasteiger partial charge in [-0.2, -0.15) is 10.1 Å². The molecule has 0 unspecified atom stereocenters. The van der Waals surface area contributed by atoms with Gasteiger partial charge in [0.15, 0.2) is 5.82 Å². The van der Waals surface area contributed by atoms with E-state index in [0.29, 0.717) is 11.8 Å². The van der Waals surface area contributed by atoms with Crippen molar-refractivity contribution in [1.82, 2.24) is 15.2 Å². The van der Waals surface area contributed by atoms with Gasteiger partial charge in [-0.3, -0.25) is 0 Å². The lowest BCUT2D eigenvalue weighted by Gasteiger charge is -2.12. The third-order valence-corrected chi connectivity index (χ3v) is 4.17. The van der Waals surface area contributed by atoms with Crippen molar-refractivity contribution >= 4 is 17.5 Å². The van der Waals surface area contributed by atoms with E-state index in [-0.39, 0.29) is 0 Å². The number of ether oxygens (including phenoxy) is 1. The number of hydrogen-bond donors (Lipinski definition) is 2. The van der Waals surface area contributed by atoms with Gasteiger partial charge < -0.3 is 15.4 Å². The maximum Gasteiger partial charge on any atom is 0.249 e. The summed E-state index contributed by atoms with van der Waals surface area (Å²) in [5.41, 5.74) is 4.45. The molecule has 0 atom stereocenters. The van der Waals surface area contributed by atoms with Crippen LogP contribution in [0.1, 0.15) is 16.7 Å². The molecule has 3 rings (SSSR count). The van der Waals surface area contributed by atoms with Gasteiger partial charge in [0, 0.05) is 12.2 Å². The van der Waals surface area contributed by atoms with Crippen molar-refractivity contribution in [2.24, 2.45) is 0 Å². The summed E-state index contributed by atoms with van der Waals surface area (Å²) in [5.74, 6) is 2.06. The number of anilines is 3. The molecule has 0 saturated heterocycles. The Hall–Kier alpha value is -3.15. The summed E-state index contributed by atoms with van der Waals surface area (Å²) in [5, 5.41) is 14.7. The van der Waals surface area contributed by atoms with Gasteiger partial charge in [-0.15, -0.1) is 5.10 Å². The van der Waals surface area contributed by atoms with Crippen LogP contribution in [0.25, 0.3) is 0 Å². The van der Waals surface area contributed by atoms with Gasteiger partial charge in [-0.1, -0.05) is 36.4 Å². The minimum absolute atomic E-state index is 0.477. The van der Waals surface area contributed by atoms with E-state index in [1.165, 1.54) is 0 Å². The molecule has 134 valence electrons. The molecule has 6 nitrogen and oxygen atoms in total. The Morgan fingerprint density at radius 2 is 1.77 bits per heavy atom. The van der Waals surface area contributed by atoms with Crippen LogP contribution in [0, 0.1) is 13.8 Å². The highest BCUT2D eigenvalue weighted by Gasteiger charge is 2.06. The average Bonchev–Trinajstić information content (AvgIpc) is 2.66. The molecule has 2 N–H and O–H groups in total. The van der Waals surface area contributed by atoms with E-state index in [1.807, 2.05) is 24.3 Å². The van der Waals surface area contributed by atoms with Crippen LogP contribution in [0.15, 0.2) is 48.7 Å². The van der Waals surface area contributed by atoms with E-state index >= 15 is 0 Å². The number of rotatable bonds is 7. The Bertz CT molecular complexity index is 861. The largest absolute Gasteiger partial charge is 0.496 e. The van der Waals surface area contributed by atoms with Crippen LogP contribution in [0.5, 0.6) is 5.75 Å². The maximum absolute atomic E-state index is 5.38. The first-order valence-corrected chi connectivity index (χ1v) is 8.56. The highest BCUT2D eigenvalue weighted by molar-refractivity contribution is 5.63. The van der Waals surface area contributed by atoms with E-state index < -0.39 is 0 Å². The van der Waals surface area contributed by atoms with Crippen LogP contribution in [0.2, 0.25) is 0 Å². The maximum atomic E-state index is 5.38. The fraction of sp³-hybridized carbons (Fsp3) is 0.250. The van der Waals surface area contributed by atoms with Crippen molar-refractivity contribution < 1.29 is 4.74 Å². The number of nitrogens with one attached hydrogen (secondary N) is 2. The molecule has 0 aliphatic rings. The summed E-state index contributed by atoms with van der Waals surface area (Å²) in [6.45, 7) is 4.83. The topological polar surface area (TPSA) is 72.0 Å². The zero-order valence-electron chi connectivity index (χ0n) is 15.3. The Balaban J connectivity index is 1.64. The van der Waals surface area contributed by atoms with E-state index in [0.717, 1.165) is 41.1 Å². The molecule has 3 aromatic rings. The Morgan fingerprint density at radius 1 is 1.00 bits per heavy atom. The third-order valence-electron chi connectivity index (χ3n) is 4.17. The number of hydrogen-bond acceptors (Lipinski definition) is 6. The monoisotopic (exact) mass is 349 g/mol. The highest BCUT2D eigenvalue weighted by atomic mass is 16.5. The zero-order chi connectivity index (χ0) is 18.4. The van der Waals surface area contributed by atoms with Gasteiger partial charge >= 0.3 is 0 Å². The Morgan fingerprint density at radius 3 is 2.54 bits per heavy atom. The zero-order valence-corrected chi connectivity index (χ0v) is 15.3.